The molecule has 0 aromatic heterocycles. The average Bonchev–Trinajstić information content (AvgIpc) is 2.32. The van der Waals surface area contributed by atoms with Gasteiger partial charge in [-0.05, 0) is 37.5 Å². The molecule has 1 atom stereocenters. The predicted molar refractivity (Wildman–Crippen MR) is 81.1 cm³/mol. The van der Waals surface area contributed by atoms with Crippen molar-refractivity contribution in [3.8, 4) is 5.75 Å². The number of anilines is 1. The normalized spacial score (nSPS) is 12.3. The Balaban J connectivity index is 2.49. The third-order valence-electron chi connectivity index (χ3n) is 2.67. The third-order valence-corrected chi connectivity index (χ3v) is 3.16. The highest BCUT2D eigenvalue weighted by molar-refractivity contribution is 9.10. The molecule has 0 radical (unpaired) electrons. The van der Waals surface area contributed by atoms with Gasteiger partial charge in [0.15, 0.2) is 6.10 Å². The number of nitrogens with one attached hydrogen (secondary N) is 1. The number of nitrogens with two attached hydrogens (primary N) is 1. The molecular formula is C14H21BrN2O2. The fraction of sp³-hybridized carbons (Fsp3) is 0.500. The monoisotopic (exact) mass is 328 g/mol. The van der Waals surface area contributed by atoms with Gasteiger partial charge in [-0.3, -0.25) is 4.79 Å². The molecule has 0 saturated carbocycles. The van der Waals surface area contributed by atoms with Crippen molar-refractivity contribution in [2.24, 2.45) is 5.92 Å². The summed E-state index contributed by atoms with van der Waals surface area (Å²) < 4.78 is 6.44. The molecule has 0 spiro atoms. The number of benzene rings is 1. The summed E-state index contributed by atoms with van der Waals surface area (Å²) in [6.45, 7) is 6.62. The minimum atomic E-state index is -0.560. The zero-order valence-electron chi connectivity index (χ0n) is 11.6. The molecule has 1 aromatic carbocycles. The molecule has 0 saturated heterocycles. The maximum Gasteiger partial charge on any atom is 0.260 e. The van der Waals surface area contributed by atoms with Crippen LogP contribution >= 0.6 is 15.9 Å². The zero-order valence-corrected chi connectivity index (χ0v) is 13.2. The second-order valence-corrected chi connectivity index (χ2v) is 5.83. The number of halogens is 1. The van der Waals surface area contributed by atoms with Gasteiger partial charge in [0.1, 0.15) is 5.75 Å². The number of carbonyl (C=O) groups excluding carboxylic acids is 1. The minimum Gasteiger partial charge on any atom is -0.479 e. The van der Waals surface area contributed by atoms with Gasteiger partial charge in [0.2, 0.25) is 0 Å². The molecule has 0 aliphatic carbocycles. The SMILES string of the molecule is CC(C)CCNC(=O)C(C)Oc1ccc(Br)cc1N. The molecule has 1 aromatic rings. The topological polar surface area (TPSA) is 64.3 Å². The van der Waals surface area contributed by atoms with Gasteiger partial charge in [-0.1, -0.05) is 29.8 Å². The summed E-state index contributed by atoms with van der Waals surface area (Å²) in [5.74, 6) is 0.969. The Bertz CT molecular complexity index is 435. The van der Waals surface area contributed by atoms with Gasteiger partial charge in [0, 0.05) is 11.0 Å². The molecule has 106 valence electrons. The smallest absolute Gasteiger partial charge is 0.260 e. The van der Waals surface area contributed by atoms with Gasteiger partial charge in [-0.15, -0.1) is 0 Å². The summed E-state index contributed by atoms with van der Waals surface area (Å²) in [4.78, 5) is 11.8. The molecule has 1 amide bonds. The quantitative estimate of drug-likeness (QED) is 0.789. The van der Waals surface area contributed by atoms with Crippen molar-refractivity contribution in [2.45, 2.75) is 33.3 Å². The van der Waals surface area contributed by atoms with E-state index in [0.29, 0.717) is 23.9 Å². The van der Waals surface area contributed by atoms with Crippen LogP contribution in [0.25, 0.3) is 0 Å². The fourth-order valence-corrected chi connectivity index (χ4v) is 1.88. The van der Waals surface area contributed by atoms with Crippen molar-refractivity contribution in [1.82, 2.24) is 5.32 Å². The van der Waals surface area contributed by atoms with Crippen LogP contribution in [0.3, 0.4) is 0 Å². The van der Waals surface area contributed by atoms with Crippen LogP contribution in [0.5, 0.6) is 5.75 Å². The summed E-state index contributed by atoms with van der Waals surface area (Å²) in [6.07, 6.45) is 0.398. The maximum absolute atomic E-state index is 11.8. The number of carbonyl (C=O) groups is 1. The Kier molecular flexibility index (Phi) is 6.15. The lowest BCUT2D eigenvalue weighted by Gasteiger charge is -2.16. The van der Waals surface area contributed by atoms with Crippen LogP contribution in [0, 0.1) is 5.92 Å². The maximum atomic E-state index is 11.8. The first-order valence-corrected chi connectivity index (χ1v) is 7.19. The standard InChI is InChI=1S/C14H21BrN2O2/c1-9(2)6-7-17-14(18)10(3)19-13-5-4-11(15)8-12(13)16/h4-5,8-10H,6-7,16H2,1-3H3,(H,17,18). The van der Waals surface area contributed by atoms with Gasteiger partial charge in [-0.2, -0.15) is 0 Å². The van der Waals surface area contributed by atoms with E-state index in [2.05, 4.69) is 35.1 Å². The summed E-state index contributed by atoms with van der Waals surface area (Å²) in [5, 5.41) is 2.85. The van der Waals surface area contributed by atoms with Crippen LogP contribution in [0.15, 0.2) is 22.7 Å². The Morgan fingerprint density at radius 3 is 2.68 bits per heavy atom. The summed E-state index contributed by atoms with van der Waals surface area (Å²) >= 11 is 3.32. The van der Waals surface area contributed by atoms with Crippen molar-refractivity contribution in [3.63, 3.8) is 0 Å². The first-order valence-electron chi connectivity index (χ1n) is 6.39. The summed E-state index contributed by atoms with van der Waals surface area (Å²) in [5.41, 5.74) is 6.33. The van der Waals surface area contributed by atoms with Crippen molar-refractivity contribution in [3.05, 3.63) is 22.7 Å². The number of amides is 1. The van der Waals surface area contributed by atoms with Gasteiger partial charge >= 0.3 is 0 Å². The lowest BCUT2D eigenvalue weighted by molar-refractivity contribution is -0.127. The lowest BCUT2D eigenvalue weighted by Crippen LogP contribution is -2.37. The van der Waals surface area contributed by atoms with E-state index < -0.39 is 6.10 Å². The van der Waals surface area contributed by atoms with Crippen molar-refractivity contribution in [2.75, 3.05) is 12.3 Å². The van der Waals surface area contributed by atoms with Gasteiger partial charge in [0.25, 0.3) is 5.91 Å². The average molecular weight is 329 g/mol. The van der Waals surface area contributed by atoms with Crippen molar-refractivity contribution < 1.29 is 9.53 Å². The van der Waals surface area contributed by atoms with E-state index in [-0.39, 0.29) is 5.91 Å². The van der Waals surface area contributed by atoms with E-state index in [9.17, 15) is 4.79 Å². The Morgan fingerprint density at radius 1 is 1.42 bits per heavy atom. The largest absolute Gasteiger partial charge is 0.479 e. The van der Waals surface area contributed by atoms with Gasteiger partial charge in [-0.25, -0.2) is 0 Å². The number of rotatable bonds is 6. The predicted octanol–water partition coefficient (Wildman–Crippen LogP) is 2.96. The highest BCUT2D eigenvalue weighted by Gasteiger charge is 2.15. The van der Waals surface area contributed by atoms with Crippen molar-refractivity contribution >= 4 is 27.5 Å². The minimum absolute atomic E-state index is 0.122. The Hall–Kier alpha value is -1.23. The van der Waals surface area contributed by atoms with Crippen LogP contribution in [-0.2, 0) is 4.79 Å². The molecule has 3 N–H and O–H groups in total. The number of nitrogen functional groups attached to an aromatic ring is 1. The number of hydrogen-bond donors (Lipinski definition) is 2. The molecule has 5 heteroatoms. The molecule has 1 rings (SSSR count). The highest BCUT2D eigenvalue weighted by Crippen LogP contribution is 2.26. The van der Waals surface area contributed by atoms with Crippen LogP contribution < -0.4 is 15.8 Å². The Morgan fingerprint density at radius 2 is 2.11 bits per heavy atom. The first kappa shape index (κ1) is 15.8. The van der Waals surface area contributed by atoms with Crippen molar-refractivity contribution in [1.29, 1.82) is 0 Å². The van der Waals surface area contributed by atoms with E-state index in [1.54, 1.807) is 19.1 Å². The fourth-order valence-electron chi connectivity index (χ4n) is 1.50. The first-order chi connectivity index (χ1) is 8.90. The number of ether oxygens (including phenoxy) is 1. The van der Waals surface area contributed by atoms with Crippen LogP contribution in [0.2, 0.25) is 0 Å². The van der Waals surface area contributed by atoms with E-state index >= 15 is 0 Å². The molecular weight excluding hydrogens is 308 g/mol. The van der Waals surface area contributed by atoms with Crippen LogP contribution in [0.1, 0.15) is 27.2 Å². The molecule has 0 fully saturated rings. The van der Waals surface area contributed by atoms with Crippen LogP contribution in [0.4, 0.5) is 5.69 Å². The summed E-state index contributed by atoms with van der Waals surface area (Å²) in [7, 11) is 0. The third kappa shape index (κ3) is 5.51. The molecule has 0 aliphatic rings. The Labute approximate surface area is 122 Å². The molecule has 4 nitrogen and oxygen atoms in total. The summed E-state index contributed by atoms with van der Waals surface area (Å²) in [6, 6.07) is 5.32. The van der Waals surface area contributed by atoms with E-state index in [1.165, 1.54) is 0 Å². The zero-order chi connectivity index (χ0) is 14.4. The van der Waals surface area contributed by atoms with E-state index in [4.69, 9.17) is 10.5 Å². The molecule has 0 bridgehead atoms. The molecule has 0 heterocycles. The van der Waals surface area contributed by atoms with E-state index in [0.717, 1.165) is 10.9 Å². The second kappa shape index (κ2) is 7.38. The lowest BCUT2D eigenvalue weighted by atomic mass is 10.1. The van der Waals surface area contributed by atoms with Gasteiger partial charge < -0.3 is 15.8 Å². The number of hydrogen-bond acceptors (Lipinski definition) is 3. The van der Waals surface area contributed by atoms with Gasteiger partial charge in [0.05, 0.1) is 5.69 Å². The van der Waals surface area contributed by atoms with E-state index in [1.807, 2.05) is 6.07 Å². The molecule has 19 heavy (non-hydrogen) atoms. The molecule has 0 aliphatic heterocycles. The van der Waals surface area contributed by atoms with Crippen LogP contribution in [-0.4, -0.2) is 18.6 Å². The molecule has 1 unspecified atom stereocenters. The highest BCUT2D eigenvalue weighted by atomic mass is 79.9. The second-order valence-electron chi connectivity index (χ2n) is 4.92.